The molecular weight excluding hydrogens is 282 g/mol. The van der Waals surface area contributed by atoms with E-state index in [1.807, 2.05) is 0 Å². The lowest BCUT2D eigenvalue weighted by molar-refractivity contribution is -0.133. The molecule has 2 rings (SSSR count). The van der Waals surface area contributed by atoms with Gasteiger partial charge in [-0.15, -0.1) is 0 Å². The average molecular weight is 303 g/mol. The fourth-order valence-electron chi connectivity index (χ4n) is 2.47. The molecule has 6 nitrogen and oxygen atoms in total. The molecule has 1 aromatic rings. The lowest BCUT2D eigenvalue weighted by Crippen LogP contribution is -2.46. The standard InChI is InChI=1S/C16H21N3O3/c1-12(20)5-6-15(21)19-10-7-13(8-11-19)18-16(22)14-4-2-3-9-17-14/h2-4,9,13H,5-8,10-11H2,1H3,(H,18,22). The number of Topliss-reactive ketones (excluding diaryl/α,β-unsaturated/α-hetero) is 1. The van der Waals surface area contributed by atoms with Crippen LogP contribution in [0, 0.1) is 0 Å². The second-order valence-corrected chi connectivity index (χ2v) is 5.55. The van der Waals surface area contributed by atoms with Gasteiger partial charge in [0.05, 0.1) is 0 Å². The van der Waals surface area contributed by atoms with Gasteiger partial charge >= 0.3 is 0 Å². The Balaban J connectivity index is 1.76. The Labute approximate surface area is 129 Å². The van der Waals surface area contributed by atoms with Crippen molar-refractivity contribution in [1.82, 2.24) is 15.2 Å². The largest absolute Gasteiger partial charge is 0.348 e. The molecule has 1 saturated heterocycles. The van der Waals surface area contributed by atoms with Crippen molar-refractivity contribution in [3.05, 3.63) is 30.1 Å². The van der Waals surface area contributed by atoms with Crippen LogP contribution >= 0.6 is 0 Å². The van der Waals surface area contributed by atoms with Crippen molar-refractivity contribution in [2.75, 3.05) is 13.1 Å². The minimum Gasteiger partial charge on any atom is -0.348 e. The first-order chi connectivity index (χ1) is 10.6. The first-order valence-corrected chi connectivity index (χ1v) is 7.55. The summed E-state index contributed by atoms with van der Waals surface area (Å²) in [6.07, 6.45) is 3.62. The van der Waals surface area contributed by atoms with Gasteiger partial charge in [-0.2, -0.15) is 0 Å². The van der Waals surface area contributed by atoms with E-state index in [0.29, 0.717) is 25.2 Å². The lowest BCUT2D eigenvalue weighted by Gasteiger charge is -2.32. The third-order valence-corrected chi connectivity index (χ3v) is 3.77. The van der Waals surface area contributed by atoms with E-state index in [4.69, 9.17) is 0 Å². The topological polar surface area (TPSA) is 79.4 Å². The van der Waals surface area contributed by atoms with Crippen LogP contribution in [0.15, 0.2) is 24.4 Å². The number of carbonyl (C=O) groups excluding carboxylic acids is 3. The summed E-state index contributed by atoms with van der Waals surface area (Å²) in [6.45, 7) is 2.72. The number of hydrogen-bond acceptors (Lipinski definition) is 4. The molecule has 1 aromatic heterocycles. The van der Waals surface area contributed by atoms with Gasteiger partial charge in [0.25, 0.3) is 5.91 Å². The molecule has 0 spiro atoms. The van der Waals surface area contributed by atoms with Crippen LogP contribution in [0.3, 0.4) is 0 Å². The summed E-state index contributed by atoms with van der Waals surface area (Å²) in [5.74, 6) is -0.127. The average Bonchev–Trinajstić information content (AvgIpc) is 2.54. The number of likely N-dealkylation sites (tertiary alicyclic amines) is 1. The number of nitrogens with zero attached hydrogens (tertiary/aromatic N) is 2. The molecule has 1 fully saturated rings. The summed E-state index contributed by atoms with van der Waals surface area (Å²) in [6, 6.07) is 5.28. The zero-order chi connectivity index (χ0) is 15.9. The zero-order valence-corrected chi connectivity index (χ0v) is 12.7. The Morgan fingerprint density at radius 1 is 1.23 bits per heavy atom. The Hall–Kier alpha value is -2.24. The van der Waals surface area contributed by atoms with E-state index >= 15 is 0 Å². The second kappa shape index (κ2) is 7.68. The molecule has 0 aromatic carbocycles. The molecule has 1 aliphatic rings. The molecule has 1 N–H and O–H groups in total. The minimum absolute atomic E-state index is 0.0182. The number of nitrogens with one attached hydrogen (secondary N) is 1. The molecule has 0 atom stereocenters. The van der Waals surface area contributed by atoms with E-state index in [1.54, 1.807) is 29.3 Å². The van der Waals surface area contributed by atoms with Gasteiger partial charge in [-0.05, 0) is 31.9 Å². The van der Waals surface area contributed by atoms with Gasteiger partial charge in [0, 0.05) is 38.2 Å². The molecule has 0 saturated carbocycles. The molecule has 2 heterocycles. The predicted molar refractivity (Wildman–Crippen MR) is 81.2 cm³/mol. The van der Waals surface area contributed by atoms with E-state index in [1.165, 1.54) is 6.92 Å². The molecule has 22 heavy (non-hydrogen) atoms. The van der Waals surface area contributed by atoms with Crippen molar-refractivity contribution in [2.24, 2.45) is 0 Å². The number of ketones is 1. The van der Waals surface area contributed by atoms with Crippen LogP contribution in [-0.2, 0) is 9.59 Å². The highest BCUT2D eigenvalue weighted by Crippen LogP contribution is 2.13. The summed E-state index contributed by atoms with van der Waals surface area (Å²) in [7, 11) is 0. The van der Waals surface area contributed by atoms with E-state index in [9.17, 15) is 14.4 Å². The van der Waals surface area contributed by atoms with Crippen LogP contribution in [0.25, 0.3) is 0 Å². The molecule has 118 valence electrons. The molecule has 0 radical (unpaired) electrons. The van der Waals surface area contributed by atoms with E-state index < -0.39 is 0 Å². The normalized spacial score (nSPS) is 15.4. The van der Waals surface area contributed by atoms with Gasteiger partial charge in [-0.3, -0.25) is 14.6 Å². The Morgan fingerprint density at radius 3 is 2.55 bits per heavy atom. The molecular formula is C16H21N3O3. The Bertz CT molecular complexity index is 537. The number of amides is 2. The number of piperidine rings is 1. The second-order valence-electron chi connectivity index (χ2n) is 5.55. The molecule has 0 bridgehead atoms. The first kappa shape index (κ1) is 16.1. The van der Waals surface area contributed by atoms with Crippen LogP contribution in [0.5, 0.6) is 0 Å². The fourth-order valence-corrected chi connectivity index (χ4v) is 2.47. The highest BCUT2D eigenvalue weighted by molar-refractivity contribution is 5.92. The third-order valence-electron chi connectivity index (χ3n) is 3.77. The zero-order valence-electron chi connectivity index (χ0n) is 12.7. The Morgan fingerprint density at radius 2 is 1.95 bits per heavy atom. The predicted octanol–water partition coefficient (Wildman–Crippen LogP) is 1.17. The van der Waals surface area contributed by atoms with Crippen LogP contribution in [0.4, 0.5) is 0 Å². The first-order valence-electron chi connectivity index (χ1n) is 7.55. The highest BCUT2D eigenvalue weighted by atomic mass is 16.2. The van der Waals surface area contributed by atoms with Crippen molar-refractivity contribution in [3.8, 4) is 0 Å². The number of rotatable bonds is 5. The van der Waals surface area contributed by atoms with E-state index in [-0.39, 0.29) is 30.1 Å². The minimum atomic E-state index is -0.179. The van der Waals surface area contributed by atoms with Crippen molar-refractivity contribution in [3.63, 3.8) is 0 Å². The third kappa shape index (κ3) is 4.65. The molecule has 6 heteroatoms. The van der Waals surface area contributed by atoms with Gasteiger partial charge in [-0.1, -0.05) is 6.07 Å². The maximum atomic E-state index is 12.0. The summed E-state index contributed by atoms with van der Waals surface area (Å²) in [5.41, 5.74) is 0.405. The van der Waals surface area contributed by atoms with Gasteiger partial charge < -0.3 is 15.0 Å². The quantitative estimate of drug-likeness (QED) is 0.885. The van der Waals surface area contributed by atoms with Crippen molar-refractivity contribution in [1.29, 1.82) is 0 Å². The summed E-state index contributed by atoms with van der Waals surface area (Å²) in [4.78, 5) is 40.6. The van der Waals surface area contributed by atoms with Crippen LogP contribution < -0.4 is 5.32 Å². The van der Waals surface area contributed by atoms with Gasteiger partial charge in [0.2, 0.25) is 5.91 Å². The Kier molecular flexibility index (Phi) is 5.63. The number of pyridine rings is 1. The SMILES string of the molecule is CC(=O)CCC(=O)N1CCC(NC(=O)c2ccccn2)CC1. The van der Waals surface area contributed by atoms with Crippen molar-refractivity contribution >= 4 is 17.6 Å². The fraction of sp³-hybridized carbons (Fsp3) is 0.500. The summed E-state index contributed by atoms with van der Waals surface area (Å²) in [5, 5.41) is 2.95. The van der Waals surface area contributed by atoms with Crippen LogP contribution in [0.1, 0.15) is 43.1 Å². The van der Waals surface area contributed by atoms with Gasteiger partial charge in [0.1, 0.15) is 11.5 Å². The summed E-state index contributed by atoms with van der Waals surface area (Å²) >= 11 is 0. The van der Waals surface area contributed by atoms with E-state index in [0.717, 1.165) is 12.8 Å². The van der Waals surface area contributed by atoms with E-state index in [2.05, 4.69) is 10.3 Å². The maximum absolute atomic E-state index is 12.0. The van der Waals surface area contributed by atoms with Crippen molar-refractivity contribution in [2.45, 2.75) is 38.6 Å². The van der Waals surface area contributed by atoms with Crippen LogP contribution in [0.2, 0.25) is 0 Å². The molecule has 1 aliphatic heterocycles. The molecule has 0 aliphatic carbocycles. The number of hydrogen-bond donors (Lipinski definition) is 1. The number of carbonyl (C=O) groups is 3. The maximum Gasteiger partial charge on any atom is 0.270 e. The molecule has 0 unspecified atom stereocenters. The number of aromatic nitrogens is 1. The highest BCUT2D eigenvalue weighted by Gasteiger charge is 2.24. The smallest absolute Gasteiger partial charge is 0.270 e. The van der Waals surface area contributed by atoms with Gasteiger partial charge in [-0.25, -0.2) is 0 Å². The molecule has 2 amide bonds. The van der Waals surface area contributed by atoms with Gasteiger partial charge in [0.15, 0.2) is 0 Å². The van der Waals surface area contributed by atoms with Crippen molar-refractivity contribution < 1.29 is 14.4 Å². The monoisotopic (exact) mass is 303 g/mol. The van der Waals surface area contributed by atoms with Crippen LogP contribution in [-0.4, -0.2) is 46.6 Å². The lowest BCUT2D eigenvalue weighted by atomic mass is 10.0. The summed E-state index contributed by atoms with van der Waals surface area (Å²) < 4.78 is 0.